The summed E-state index contributed by atoms with van der Waals surface area (Å²) in [6.07, 6.45) is 10.2. The first-order valence-electron chi connectivity index (χ1n) is 28.3. The van der Waals surface area contributed by atoms with E-state index in [0.29, 0.717) is 55.9 Å². The molecule has 18 heteroatoms. The third kappa shape index (κ3) is 12.2. The molecule has 6 heterocycles. The first kappa shape index (κ1) is 55.8. The van der Waals surface area contributed by atoms with Gasteiger partial charge >= 0.3 is 273 Å². The number of aromatic carboxylic acids is 1. The molecule has 5 aliphatic heterocycles. The number of aromatic amines is 1. The van der Waals surface area contributed by atoms with Crippen molar-refractivity contribution in [3.05, 3.63) is 119 Å². The molecule has 422 valence electrons. The molecule has 2 amide bonds. The Hall–Kier alpha value is -6.52. The summed E-state index contributed by atoms with van der Waals surface area (Å²) >= 11 is 5.81. The first-order chi connectivity index (χ1) is 38.2. The number of likely N-dealkylation sites (tertiary alicyclic amines) is 1. The molecule has 0 atom stereocenters. The average Bonchev–Trinajstić information content (AvgIpc) is 3.78. The molecule has 14 nitrogen and oxygen atoms in total. The van der Waals surface area contributed by atoms with Gasteiger partial charge < -0.3 is 15.0 Å². The first-order valence-corrected chi connectivity index (χ1v) is 28.8. The number of fused-ring (bicyclic) bond motifs is 4. The number of H-pyrrole nitrogens is 1. The van der Waals surface area contributed by atoms with E-state index in [9.17, 15) is 37.5 Å². The van der Waals surface area contributed by atoms with Crippen LogP contribution in [0.25, 0.3) is 33.4 Å². The number of nitrogens with zero attached hydrogens (tertiary/aromatic N) is 4. The molecule has 1 saturated heterocycles. The Balaban J connectivity index is 0.724. The zero-order valence-electron chi connectivity index (χ0n) is 45.1. The number of hydrogen-bond donors (Lipinski definition) is 4. The number of aryl methyl sites for hydroxylation is 3. The van der Waals surface area contributed by atoms with Gasteiger partial charge in [0.15, 0.2) is 0 Å². The molecule has 4 aromatic rings. The fourth-order valence-electron chi connectivity index (χ4n) is 12.3. The van der Waals surface area contributed by atoms with Crippen LogP contribution in [0, 0.1) is 4.14 Å². The molecule has 1 aliphatic carbocycles. The molecular weight excluding hydrogens is 1060 g/mol. The minimum absolute atomic E-state index is 0.0432. The number of carboxylic acids is 1. The van der Waals surface area contributed by atoms with Crippen molar-refractivity contribution >= 4 is 40.1 Å². The molecule has 10 rings (SSSR count). The number of halogens is 3. The molecule has 0 unspecified atom stereocenters. The van der Waals surface area contributed by atoms with Crippen molar-refractivity contribution in [2.45, 2.75) is 142 Å². The van der Waals surface area contributed by atoms with Gasteiger partial charge in [0.05, 0.1) is 18.4 Å². The van der Waals surface area contributed by atoms with E-state index in [0.717, 1.165) is 163 Å². The molecule has 3 aromatic carbocycles. The standard InChI is InChI=1S/C61H70F3N7O7.Ni/c1-3-5-14-38-29-40(13-4-2)56-49(30-38)53(50-32-39-15-8-11-25-70-26-12-16-47(55(39)70)57(50)78-56)48-33-41(18-20-46(48)60(75)76)58(73)66-24-10-7-6-9-23-65-52(72)37-69-27-21-44(22-28-69)77-45-19-17-42-35-71(36-43(42)31-45)51-34-67-68-59(74)54(51)61(62,63)64;/h17-20,30-34,44H,3-16,21-28,35-37H2,1-2H3,(H,65,72)(H,66,73)(H,68,74)(H,75,76);. The molecule has 79 heavy (non-hydrogen) atoms. The number of piperidine rings is 1. The van der Waals surface area contributed by atoms with Crippen LogP contribution in [0.1, 0.15) is 151 Å². The number of ether oxygens (including phenoxy) is 1. The van der Waals surface area contributed by atoms with Gasteiger partial charge in [-0.15, -0.1) is 0 Å². The molecule has 0 radical (unpaired) electrons. The van der Waals surface area contributed by atoms with Gasteiger partial charge in [-0.2, -0.15) is 18.3 Å². The second-order valence-corrected chi connectivity index (χ2v) is 22.2. The summed E-state index contributed by atoms with van der Waals surface area (Å²) in [5.74, 6) is -0.0378. The quantitative estimate of drug-likeness (QED) is 0.0326. The van der Waals surface area contributed by atoms with Gasteiger partial charge in [-0.1, -0.05) is 18.9 Å². The Kier molecular flexibility index (Phi) is 17.3. The number of hydrogen-bond acceptors (Lipinski definition) is 10. The van der Waals surface area contributed by atoms with Gasteiger partial charge in [-0.25, -0.2) is 5.10 Å². The maximum atomic E-state index is 14.0. The van der Waals surface area contributed by atoms with E-state index < -0.39 is 23.3 Å². The van der Waals surface area contributed by atoms with Gasteiger partial charge in [-0.3, -0.25) is 14.5 Å². The van der Waals surface area contributed by atoms with E-state index in [-0.39, 0.29) is 48.8 Å². The fraction of sp³-hybridized carbons (Fsp3) is 0.475. The SMILES string of the molecule is CCCCc1cc2c(-c3cc(C(=O)NCCCCCCNC(=O)CN4CCC(Oc5ccc6c(c5)CN(c5cn[nH]c(=O)c5C(F)(F)F)C6)CC4)ccc3C(=O)O)c3cc4c5c(c3oc-2c(CCC)[c]1=[Ni])CCCN5CCCC4. The van der Waals surface area contributed by atoms with Gasteiger partial charge in [0.2, 0.25) is 5.91 Å². The normalized spacial score (nSPS) is 15.8. The van der Waals surface area contributed by atoms with E-state index in [1.807, 2.05) is 23.3 Å². The van der Waals surface area contributed by atoms with Crippen LogP contribution >= 0.6 is 0 Å². The molecule has 1 aromatic heterocycles. The van der Waals surface area contributed by atoms with E-state index in [1.165, 1.54) is 21.7 Å². The van der Waals surface area contributed by atoms with Crippen LogP contribution in [0.2, 0.25) is 0 Å². The van der Waals surface area contributed by atoms with Gasteiger partial charge in [-0.05, 0) is 42.5 Å². The number of unbranched alkanes of at least 4 members (excludes halogenated alkanes) is 4. The van der Waals surface area contributed by atoms with Crippen LogP contribution in [-0.4, -0.2) is 89.9 Å². The molecule has 0 saturated carbocycles. The van der Waals surface area contributed by atoms with Crippen LogP contribution in [0.15, 0.2) is 63.9 Å². The molecule has 0 bridgehead atoms. The molecule has 0 spiro atoms. The minimum atomic E-state index is -4.82. The van der Waals surface area contributed by atoms with Crippen LogP contribution in [0.5, 0.6) is 5.75 Å². The number of rotatable bonds is 20. The maximum absolute atomic E-state index is 14.0. The van der Waals surface area contributed by atoms with E-state index >= 15 is 0 Å². The van der Waals surface area contributed by atoms with Crippen molar-refractivity contribution < 1.29 is 56.8 Å². The second kappa shape index (κ2) is 24.5. The Morgan fingerprint density at radius 2 is 1.61 bits per heavy atom. The summed E-state index contributed by atoms with van der Waals surface area (Å²) in [6.45, 7) is 9.34. The van der Waals surface area contributed by atoms with Crippen LogP contribution in [0.3, 0.4) is 0 Å². The molecule has 1 fully saturated rings. The van der Waals surface area contributed by atoms with Crippen molar-refractivity contribution in [2.24, 2.45) is 0 Å². The number of alkyl halides is 3. The molecular formula is C61H70F3N7NiO7. The van der Waals surface area contributed by atoms with Crippen molar-refractivity contribution in [2.75, 3.05) is 55.6 Å². The Bertz CT molecular complexity index is 3350. The third-order valence-electron chi connectivity index (χ3n) is 16.2. The zero-order chi connectivity index (χ0) is 55.4. The number of amides is 2. The Morgan fingerprint density at radius 3 is 2.37 bits per heavy atom. The number of carbonyl (C=O) groups is 3. The number of carbonyl (C=O) groups excluding carboxylic acids is 2. The predicted octanol–water partition coefficient (Wildman–Crippen LogP) is 10.9. The number of aromatic nitrogens is 2. The van der Waals surface area contributed by atoms with Gasteiger partial charge in [0.1, 0.15) is 17.4 Å². The summed E-state index contributed by atoms with van der Waals surface area (Å²) in [6, 6.07) is 14.8. The number of carboxylic acid groups (broad SMARTS) is 1. The van der Waals surface area contributed by atoms with Crippen molar-refractivity contribution in [1.29, 1.82) is 0 Å². The fourth-order valence-corrected chi connectivity index (χ4v) is 12.7. The number of anilines is 2. The van der Waals surface area contributed by atoms with Crippen LogP contribution in [-0.2, 0) is 64.8 Å². The second-order valence-electron chi connectivity index (χ2n) is 21.7. The third-order valence-corrected chi connectivity index (χ3v) is 16.8. The Labute approximate surface area is 465 Å². The van der Waals surface area contributed by atoms with E-state index in [1.54, 1.807) is 18.2 Å². The predicted molar refractivity (Wildman–Crippen MR) is 295 cm³/mol. The van der Waals surface area contributed by atoms with E-state index in [2.05, 4.69) is 51.5 Å². The summed E-state index contributed by atoms with van der Waals surface area (Å²) in [7, 11) is 0. The number of nitrogens with one attached hydrogen (secondary N) is 3. The van der Waals surface area contributed by atoms with Crippen LogP contribution in [0.4, 0.5) is 24.5 Å². The van der Waals surface area contributed by atoms with E-state index in [4.69, 9.17) is 24.2 Å². The van der Waals surface area contributed by atoms with Gasteiger partial charge in [0, 0.05) is 32.7 Å². The molecule has 4 N–H and O–H groups in total. The summed E-state index contributed by atoms with van der Waals surface area (Å²) in [5.41, 5.74) is 8.10. The Morgan fingerprint density at radius 1 is 0.835 bits per heavy atom. The van der Waals surface area contributed by atoms with Crippen molar-refractivity contribution in [3.8, 4) is 28.2 Å². The summed E-state index contributed by atoms with van der Waals surface area (Å²) in [4.78, 5) is 58.3. The summed E-state index contributed by atoms with van der Waals surface area (Å²) in [5, 5.41) is 23.3. The van der Waals surface area contributed by atoms with Crippen molar-refractivity contribution in [3.63, 3.8) is 0 Å². The zero-order valence-corrected chi connectivity index (χ0v) is 46.1. The number of benzene rings is 4. The topological polar surface area (TPSA) is 173 Å². The van der Waals surface area contributed by atoms with Crippen molar-refractivity contribution in [1.82, 2.24) is 25.7 Å². The average molecular weight is 1130 g/mol. The van der Waals surface area contributed by atoms with Crippen LogP contribution < -0.4 is 30.7 Å². The molecule has 6 aliphatic rings. The monoisotopic (exact) mass is 1130 g/mol. The van der Waals surface area contributed by atoms with Gasteiger partial charge in [0.25, 0.3) is 5.56 Å². The summed E-state index contributed by atoms with van der Waals surface area (Å²) < 4.78 is 55.5.